The fraction of sp³-hybridized carbons (Fsp3) is 0.167. The SMILES string of the molecule is NS(=O)(=O)c1ccc([C@@H]2C[C@H]2c2ccc(-n3ccnc3)cc2)cc1. The molecule has 0 bridgehead atoms. The Balaban J connectivity index is 1.50. The number of hydrogen-bond donors (Lipinski definition) is 1. The minimum absolute atomic E-state index is 0.160. The van der Waals surface area contributed by atoms with E-state index in [1.807, 2.05) is 22.9 Å². The Bertz CT molecular complexity index is 947. The van der Waals surface area contributed by atoms with E-state index < -0.39 is 10.0 Å². The van der Waals surface area contributed by atoms with E-state index in [0.717, 1.165) is 17.7 Å². The number of primary sulfonamides is 1. The summed E-state index contributed by atoms with van der Waals surface area (Å²) in [5.74, 6) is 0.931. The van der Waals surface area contributed by atoms with Crippen LogP contribution in [0, 0.1) is 0 Å². The fourth-order valence-corrected chi connectivity index (χ4v) is 3.66. The van der Waals surface area contributed by atoms with Gasteiger partial charge in [-0.2, -0.15) is 0 Å². The lowest BCUT2D eigenvalue weighted by Gasteiger charge is -2.05. The highest BCUT2D eigenvalue weighted by atomic mass is 32.2. The van der Waals surface area contributed by atoms with Crippen LogP contribution in [0.5, 0.6) is 0 Å². The zero-order valence-corrected chi connectivity index (χ0v) is 13.7. The van der Waals surface area contributed by atoms with Crippen LogP contribution in [0.1, 0.15) is 29.4 Å². The van der Waals surface area contributed by atoms with Crippen molar-refractivity contribution in [2.75, 3.05) is 0 Å². The molecule has 0 unspecified atom stereocenters. The maximum absolute atomic E-state index is 11.3. The van der Waals surface area contributed by atoms with Crippen LogP contribution in [0.2, 0.25) is 0 Å². The average molecular weight is 339 g/mol. The molecule has 0 spiro atoms. The lowest BCUT2D eigenvalue weighted by Crippen LogP contribution is -2.11. The summed E-state index contributed by atoms with van der Waals surface area (Å²) in [7, 11) is -3.62. The molecule has 5 nitrogen and oxygen atoms in total. The molecule has 2 atom stereocenters. The summed E-state index contributed by atoms with van der Waals surface area (Å²) in [5.41, 5.74) is 3.55. The molecule has 1 aromatic heterocycles. The van der Waals surface area contributed by atoms with Crippen molar-refractivity contribution in [2.45, 2.75) is 23.2 Å². The molecular formula is C18H17N3O2S. The highest BCUT2D eigenvalue weighted by Gasteiger charge is 2.39. The normalized spacial score (nSPS) is 20.0. The van der Waals surface area contributed by atoms with Crippen LogP contribution >= 0.6 is 0 Å². The van der Waals surface area contributed by atoms with E-state index in [2.05, 4.69) is 29.2 Å². The van der Waals surface area contributed by atoms with Crippen LogP contribution in [0.4, 0.5) is 0 Å². The number of aromatic nitrogens is 2. The molecule has 1 saturated carbocycles. The molecule has 24 heavy (non-hydrogen) atoms. The van der Waals surface area contributed by atoms with E-state index in [4.69, 9.17) is 5.14 Å². The molecule has 2 aromatic carbocycles. The molecule has 4 rings (SSSR count). The van der Waals surface area contributed by atoms with E-state index >= 15 is 0 Å². The molecule has 1 fully saturated rings. The summed E-state index contributed by atoms with van der Waals surface area (Å²) < 4.78 is 24.6. The Hall–Kier alpha value is -2.44. The molecule has 2 N–H and O–H groups in total. The van der Waals surface area contributed by atoms with Crippen molar-refractivity contribution in [3.05, 3.63) is 78.4 Å². The number of benzene rings is 2. The molecule has 0 aliphatic heterocycles. The third-order valence-electron chi connectivity index (χ3n) is 4.55. The second kappa shape index (κ2) is 5.58. The van der Waals surface area contributed by atoms with Crippen molar-refractivity contribution in [3.63, 3.8) is 0 Å². The summed E-state index contributed by atoms with van der Waals surface area (Å²) in [6, 6.07) is 15.4. The molecular weight excluding hydrogens is 322 g/mol. The van der Waals surface area contributed by atoms with Crippen LogP contribution in [-0.4, -0.2) is 18.0 Å². The predicted octanol–water partition coefficient (Wildman–Crippen LogP) is 2.79. The van der Waals surface area contributed by atoms with E-state index in [1.165, 1.54) is 5.56 Å². The first-order valence-electron chi connectivity index (χ1n) is 7.73. The molecule has 0 radical (unpaired) electrons. The van der Waals surface area contributed by atoms with Gasteiger partial charge in [-0.3, -0.25) is 0 Å². The number of nitrogens with two attached hydrogens (primary N) is 1. The first-order chi connectivity index (χ1) is 11.5. The Morgan fingerprint density at radius 2 is 1.54 bits per heavy atom. The van der Waals surface area contributed by atoms with E-state index in [0.29, 0.717) is 11.8 Å². The standard InChI is InChI=1S/C18H17N3O2S/c19-24(22,23)16-7-3-14(4-8-16)18-11-17(18)13-1-5-15(6-2-13)21-10-9-20-12-21/h1-10,12,17-18H,11H2,(H2,19,22,23)/t17-,18-/m0/s1. The van der Waals surface area contributed by atoms with Crippen molar-refractivity contribution in [2.24, 2.45) is 5.14 Å². The van der Waals surface area contributed by atoms with Crippen LogP contribution in [0.15, 0.2) is 72.1 Å². The van der Waals surface area contributed by atoms with Gasteiger partial charge < -0.3 is 4.57 Å². The quantitative estimate of drug-likeness (QED) is 0.794. The van der Waals surface area contributed by atoms with Gasteiger partial charge in [-0.1, -0.05) is 24.3 Å². The minimum Gasteiger partial charge on any atom is -0.306 e. The molecule has 0 amide bonds. The van der Waals surface area contributed by atoms with Crippen molar-refractivity contribution in [3.8, 4) is 5.69 Å². The number of hydrogen-bond acceptors (Lipinski definition) is 3. The highest BCUT2D eigenvalue weighted by Crippen LogP contribution is 2.54. The van der Waals surface area contributed by atoms with Gasteiger partial charge in [0.15, 0.2) is 0 Å². The van der Waals surface area contributed by atoms with Crippen LogP contribution < -0.4 is 5.14 Å². The molecule has 1 aliphatic carbocycles. The Labute approximate surface area is 140 Å². The fourth-order valence-electron chi connectivity index (χ4n) is 3.14. The lowest BCUT2D eigenvalue weighted by molar-refractivity contribution is 0.598. The van der Waals surface area contributed by atoms with Gasteiger partial charge in [0.2, 0.25) is 10.0 Å². The van der Waals surface area contributed by atoms with Crippen molar-refractivity contribution in [1.29, 1.82) is 0 Å². The first kappa shape index (κ1) is 15.1. The van der Waals surface area contributed by atoms with Crippen LogP contribution in [0.25, 0.3) is 5.69 Å². The summed E-state index contributed by atoms with van der Waals surface area (Å²) in [5, 5.41) is 5.14. The van der Waals surface area contributed by atoms with E-state index in [9.17, 15) is 8.42 Å². The highest BCUT2D eigenvalue weighted by molar-refractivity contribution is 7.89. The average Bonchev–Trinajstić information content (AvgIpc) is 3.19. The number of sulfonamides is 1. The van der Waals surface area contributed by atoms with Gasteiger partial charge in [-0.05, 0) is 53.6 Å². The van der Waals surface area contributed by atoms with Crippen LogP contribution in [-0.2, 0) is 10.0 Å². The second-order valence-corrected chi connectivity index (χ2v) is 7.69. The van der Waals surface area contributed by atoms with Gasteiger partial charge in [0, 0.05) is 18.1 Å². The molecule has 3 aromatic rings. The van der Waals surface area contributed by atoms with Gasteiger partial charge in [0.1, 0.15) is 0 Å². The van der Waals surface area contributed by atoms with Gasteiger partial charge >= 0.3 is 0 Å². The Morgan fingerprint density at radius 1 is 0.958 bits per heavy atom. The zero-order valence-electron chi connectivity index (χ0n) is 12.9. The number of nitrogens with zero attached hydrogens (tertiary/aromatic N) is 2. The topological polar surface area (TPSA) is 78.0 Å². The lowest BCUT2D eigenvalue weighted by atomic mass is 10.0. The van der Waals surface area contributed by atoms with Crippen molar-refractivity contribution >= 4 is 10.0 Å². The second-order valence-electron chi connectivity index (χ2n) is 6.12. The Morgan fingerprint density at radius 3 is 2.04 bits per heavy atom. The van der Waals surface area contributed by atoms with Crippen LogP contribution in [0.3, 0.4) is 0 Å². The number of imidazole rings is 1. The largest absolute Gasteiger partial charge is 0.306 e. The zero-order chi connectivity index (χ0) is 16.7. The predicted molar refractivity (Wildman–Crippen MR) is 91.5 cm³/mol. The summed E-state index contributed by atoms with van der Waals surface area (Å²) >= 11 is 0. The molecule has 1 heterocycles. The molecule has 0 saturated heterocycles. The van der Waals surface area contributed by atoms with Gasteiger partial charge in [-0.25, -0.2) is 18.5 Å². The third kappa shape index (κ3) is 2.86. The number of rotatable bonds is 4. The monoisotopic (exact) mass is 339 g/mol. The minimum atomic E-state index is -3.62. The maximum atomic E-state index is 11.3. The third-order valence-corrected chi connectivity index (χ3v) is 5.48. The summed E-state index contributed by atoms with van der Waals surface area (Å²) in [6.07, 6.45) is 6.54. The summed E-state index contributed by atoms with van der Waals surface area (Å²) in [6.45, 7) is 0. The maximum Gasteiger partial charge on any atom is 0.238 e. The van der Waals surface area contributed by atoms with Gasteiger partial charge in [0.05, 0.1) is 11.2 Å². The van der Waals surface area contributed by atoms with E-state index in [-0.39, 0.29) is 4.90 Å². The first-order valence-corrected chi connectivity index (χ1v) is 9.28. The molecule has 122 valence electrons. The molecule has 1 aliphatic rings. The smallest absolute Gasteiger partial charge is 0.238 e. The summed E-state index contributed by atoms with van der Waals surface area (Å²) in [4.78, 5) is 4.22. The van der Waals surface area contributed by atoms with Gasteiger partial charge in [0.25, 0.3) is 0 Å². The van der Waals surface area contributed by atoms with Crippen molar-refractivity contribution < 1.29 is 8.42 Å². The van der Waals surface area contributed by atoms with Crippen molar-refractivity contribution in [1.82, 2.24) is 9.55 Å². The van der Waals surface area contributed by atoms with E-state index in [1.54, 1.807) is 24.7 Å². The van der Waals surface area contributed by atoms with Gasteiger partial charge in [-0.15, -0.1) is 0 Å². The Kier molecular flexibility index (Phi) is 3.51. The molecule has 6 heteroatoms.